The molecule has 4 aromatic rings. The van der Waals surface area contributed by atoms with Crippen LogP contribution in [-0.4, -0.2) is 96.7 Å². The fourth-order valence-corrected chi connectivity index (χ4v) is 8.85. The van der Waals surface area contributed by atoms with Crippen LogP contribution in [0.3, 0.4) is 0 Å². The lowest BCUT2D eigenvalue weighted by atomic mass is 9.95. The van der Waals surface area contributed by atoms with Crippen molar-refractivity contribution in [2.45, 2.75) is 49.8 Å². The van der Waals surface area contributed by atoms with E-state index in [1.165, 1.54) is 28.1 Å². The SMILES string of the molecule is C[C@H]1[C@@H]2COP(=O)(O)O[C@@H]3[C@@H](COP(=O)(O)O[C@H]2[C@@H](O)[C@@H]1n1cnc2c(=O)[nH]c(N)nc21)C[C@@H](n1cnc2c(N)ncnc21)[C@@H]3O. The molecule has 0 radical (unpaired) electrons. The van der Waals surface area contributed by atoms with Gasteiger partial charge in [0.05, 0.1) is 38.0 Å². The number of phosphoric acid groups is 2. The highest BCUT2D eigenvalue weighted by atomic mass is 31.2. The molecule has 5 heterocycles. The molecule has 0 spiro atoms. The summed E-state index contributed by atoms with van der Waals surface area (Å²) in [5.74, 6) is -2.71. The predicted molar refractivity (Wildman–Crippen MR) is 154 cm³/mol. The first kappa shape index (κ1) is 31.3. The third-order valence-electron chi connectivity index (χ3n) is 8.97. The molecule has 0 bridgehead atoms. The largest absolute Gasteiger partial charge is 0.472 e. The van der Waals surface area contributed by atoms with Crippen molar-refractivity contribution in [3.8, 4) is 0 Å². The zero-order chi connectivity index (χ0) is 32.7. The van der Waals surface area contributed by atoms with Gasteiger partial charge in [0.1, 0.15) is 36.3 Å². The van der Waals surface area contributed by atoms with E-state index in [2.05, 4.69) is 29.9 Å². The lowest BCUT2D eigenvalue weighted by Gasteiger charge is -2.30. The summed E-state index contributed by atoms with van der Waals surface area (Å²) >= 11 is 0. The second-order valence-corrected chi connectivity index (χ2v) is 14.4. The Hall–Kier alpha value is -3.36. The van der Waals surface area contributed by atoms with E-state index < -0.39 is 88.7 Å². The maximum absolute atomic E-state index is 13.3. The van der Waals surface area contributed by atoms with E-state index in [1.54, 1.807) is 6.92 Å². The van der Waals surface area contributed by atoms with E-state index in [0.29, 0.717) is 0 Å². The fraction of sp³-hybridized carbons (Fsp3) is 0.565. The molecule has 3 aliphatic rings. The zero-order valence-corrected chi connectivity index (χ0v) is 25.7. The highest BCUT2D eigenvalue weighted by molar-refractivity contribution is 7.47. The van der Waals surface area contributed by atoms with Crippen LogP contribution < -0.4 is 17.0 Å². The molecule has 23 heteroatoms. The molecular weight excluding hydrogens is 654 g/mol. The van der Waals surface area contributed by atoms with Gasteiger partial charge in [-0.1, -0.05) is 6.92 Å². The number of nitrogens with one attached hydrogen (secondary N) is 1. The first-order chi connectivity index (χ1) is 21.7. The van der Waals surface area contributed by atoms with Gasteiger partial charge in [0.2, 0.25) is 5.95 Å². The molecule has 46 heavy (non-hydrogen) atoms. The van der Waals surface area contributed by atoms with Crippen LogP contribution in [0.15, 0.2) is 23.8 Å². The number of nitrogens with zero attached hydrogens (tertiary/aromatic N) is 7. The maximum Gasteiger partial charge on any atom is 0.472 e. The Morgan fingerprint density at radius 3 is 2.35 bits per heavy atom. The topological polar surface area (TPSA) is 311 Å². The van der Waals surface area contributed by atoms with Crippen molar-refractivity contribution >= 4 is 49.7 Å². The van der Waals surface area contributed by atoms with Crippen LogP contribution in [0.4, 0.5) is 11.8 Å². The minimum absolute atomic E-state index is 0.0257. The highest BCUT2D eigenvalue weighted by Gasteiger charge is 2.55. The van der Waals surface area contributed by atoms with Crippen molar-refractivity contribution in [2.24, 2.45) is 17.8 Å². The Balaban J connectivity index is 1.19. The minimum atomic E-state index is -4.92. The van der Waals surface area contributed by atoms with Crippen LogP contribution in [0.1, 0.15) is 25.4 Å². The second kappa shape index (κ2) is 11.1. The summed E-state index contributed by atoms with van der Waals surface area (Å²) in [7, 11) is -9.84. The third kappa shape index (κ3) is 5.22. The molecule has 1 aliphatic heterocycles. The van der Waals surface area contributed by atoms with E-state index >= 15 is 0 Å². The van der Waals surface area contributed by atoms with Crippen molar-refractivity contribution < 1.29 is 47.2 Å². The van der Waals surface area contributed by atoms with Gasteiger partial charge in [-0.3, -0.25) is 27.9 Å². The van der Waals surface area contributed by atoms with Crippen molar-refractivity contribution in [1.82, 2.24) is 39.0 Å². The van der Waals surface area contributed by atoms with Gasteiger partial charge < -0.3 is 40.6 Å². The Kier molecular flexibility index (Phi) is 7.55. The Morgan fingerprint density at radius 2 is 1.59 bits per heavy atom. The Labute approximate surface area is 257 Å². The number of hydrogen-bond acceptors (Lipinski definition) is 16. The monoisotopic (exact) mass is 684 g/mol. The second-order valence-electron chi connectivity index (χ2n) is 11.6. The average Bonchev–Trinajstić information content (AvgIpc) is 3.72. The van der Waals surface area contributed by atoms with Crippen LogP contribution in [-0.2, 0) is 27.2 Å². The molecule has 2 unspecified atom stereocenters. The fourth-order valence-electron chi connectivity index (χ4n) is 6.80. The Morgan fingerprint density at radius 1 is 0.913 bits per heavy atom. The van der Waals surface area contributed by atoms with E-state index in [0.717, 1.165) is 0 Å². The minimum Gasteiger partial charge on any atom is -0.388 e. The molecule has 7 rings (SSSR count). The lowest BCUT2D eigenvalue weighted by molar-refractivity contribution is -0.0386. The molecule has 1 saturated heterocycles. The van der Waals surface area contributed by atoms with Crippen molar-refractivity contribution in [3.05, 3.63) is 29.3 Å². The number of H-pyrrole nitrogens is 1. The molecule has 21 nitrogen and oxygen atoms in total. The van der Waals surface area contributed by atoms with Crippen molar-refractivity contribution in [1.29, 1.82) is 0 Å². The van der Waals surface area contributed by atoms with Gasteiger partial charge in [0, 0.05) is 11.8 Å². The van der Waals surface area contributed by atoms with Gasteiger partial charge in [-0.2, -0.15) is 4.98 Å². The maximum atomic E-state index is 13.3. The summed E-state index contributed by atoms with van der Waals surface area (Å²) < 4.78 is 51.2. The number of aromatic nitrogens is 8. The number of nitrogen functional groups attached to an aromatic ring is 2. The van der Waals surface area contributed by atoms with Crippen molar-refractivity contribution in [3.63, 3.8) is 0 Å². The molecular formula is C23H30N10O11P2. The van der Waals surface area contributed by atoms with Gasteiger partial charge in [-0.15, -0.1) is 0 Å². The van der Waals surface area contributed by atoms with Gasteiger partial charge in [0.25, 0.3) is 5.56 Å². The smallest absolute Gasteiger partial charge is 0.388 e. The van der Waals surface area contributed by atoms with Gasteiger partial charge >= 0.3 is 15.6 Å². The molecule has 2 aliphatic carbocycles. The number of hydrogen-bond donors (Lipinski definition) is 7. The zero-order valence-electron chi connectivity index (χ0n) is 23.9. The quantitative estimate of drug-likeness (QED) is 0.127. The number of phosphoric ester groups is 2. The lowest BCUT2D eigenvalue weighted by Crippen LogP contribution is -2.36. The first-order valence-corrected chi connectivity index (χ1v) is 17.1. The van der Waals surface area contributed by atoms with E-state index in [9.17, 15) is 33.9 Å². The summed E-state index contributed by atoms with van der Waals surface area (Å²) in [5, 5.41) is 22.7. The predicted octanol–water partition coefficient (Wildman–Crippen LogP) is -0.768. The summed E-state index contributed by atoms with van der Waals surface area (Å²) in [6, 6.07) is -1.80. The van der Waals surface area contributed by atoms with Crippen LogP contribution in [0.25, 0.3) is 22.3 Å². The van der Waals surface area contributed by atoms with Crippen LogP contribution in [0.2, 0.25) is 0 Å². The van der Waals surface area contributed by atoms with E-state index in [-0.39, 0.29) is 40.5 Å². The summed E-state index contributed by atoms with van der Waals surface area (Å²) in [5.41, 5.74) is 11.5. The van der Waals surface area contributed by atoms with Gasteiger partial charge in [-0.25, -0.2) is 29.1 Å². The van der Waals surface area contributed by atoms with Crippen molar-refractivity contribution in [2.75, 3.05) is 24.7 Å². The first-order valence-electron chi connectivity index (χ1n) is 14.1. The molecule has 3 fully saturated rings. The molecule has 9 N–H and O–H groups in total. The van der Waals surface area contributed by atoms with Crippen LogP contribution in [0.5, 0.6) is 0 Å². The van der Waals surface area contributed by atoms with Crippen LogP contribution >= 0.6 is 15.6 Å². The molecule has 248 valence electrons. The number of aliphatic hydroxyl groups excluding tert-OH is 2. The molecule has 11 atom stereocenters. The van der Waals surface area contributed by atoms with E-state index in [4.69, 9.17) is 29.6 Å². The number of aliphatic hydroxyl groups is 2. The Bertz CT molecular complexity index is 1970. The average molecular weight is 684 g/mol. The normalized spacial score (nSPS) is 38.8. The summed E-state index contributed by atoms with van der Waals surface area (Å²) in [4.78, 5) is 56.7. The number of nitrogens with two attached hydrogens (primary N) is 2. The molecule has 0 amide bonds. The number of fused-ring (bicyclic) bond motifs is 4. The highest BCUT2D eigenvalue weighted by Crippen LogP contribution is 2.57. The molecule has 4 aromatic heterocycles. The summed E-state index contributed by atoms with van der Waals surface area (Å²) in [6.07, 6.45) is -1.99. The molecule has 2 saturated carbocycles. The van der Waals surface area contributed by atoms with Gasteiger partial charge in [-0.05, 0) is 12.3 Å². The number of anilines is 2. The number of aromatic amines is 1. The van der Waals surface area contributed by atoms with Crippen LogP contribution in [0, 0.1) is 17.8 Å². The van der Waals surface area contributed by atoms with E-state index in [1.807, 2.05) is 0 Å². The summed E-state index contributed by atoms with van der Waals surface area (Å²) in [6.45, 7) is 0.495. The third-order valence-corrected chi connectivity index (χ3v) is 10.9. The standard InChI is InChI=1S/C23H30N10O11P2/c1-8-10-4-42-46(39,40)43-17-9(2-11(15(17)34)32-6-28-12-19(24)26-5-27-20(12)32)3-41-45(37,38)44-18(10)16(35)14(8)33-7-29-13-21(33)30-23(25)31-22(13)36/h5-11,14-18,34-35H,2-4H2,1H3,(H,37,38)(H,39,40)(H2,24,26,27)(H3,25,30,31,36)/t8-,9+,10-,11+,14+,15-,16-,17+,18+/m0/s1. The number of rotatable bonds is 2. The molecule has 0 aromatic carbocycles. The van der Waals surface area contributed by atoms with Gasteiger partial charge in [0.15, 0.2) is 22.6 Å². The number of imidazole rings is 2.